The number of hydrogen-bond acceptors (Lipinski definition) is 0. The van der Waals surface area contributed by atoms with Gasteiger partial charge in [-0.2, -0.15) is 0 Å². The van der Waals surface area contributed by atoms with Crippen LogP contribution in [0, 0.1) is 0 Å². The summed E-state index contributed by atoms with van der Waals surface area (Å²) in [7, 11) is 0. The van der Waals surface area contributed by atoms with Crippen LogP contribution in [0.4, 0.5) is 0 Å². The zero-order valence-electron chi connectivity index (χ0n) is 15.6. The SMILES string of the molecule is c1ccc(C2(c3ccc4ccccc4c3)Cc3cccc4cccc2c34)cc1. The lowest BCUT2D eigenvalue weighted by Crippen LogP contribution is -2.28. The van der Waals surface area contributed by atoms with E-state index in [9.17, 15) is 0 Å². The molecular weight excluding hydrogens is 336 g/mol. The molecule has 0 heteroatoms. The molecule has 0 spiro atoms. The van der Waals surface area contributed by atoms with Gasteiger partial charge in [0, 0.05) is 5.41 Å². The summed E-state index contributed by atoms with van der Waals surface area (Å²) in [5.41, 5.74) is 5.48. The fraction of sp³-hybridized carbons (Fsp3) is 0.0714. The molecule has 1 unspecified atom stereocenters. The second-order valence-corrected chi connectivity index (χ2v) is 7.83. The first-order chi connectivity index (χ1) is 13.9. The molecule has 0 N–H and O–H groups in total. The van der Waals surface area contributed by atoms with Gasteiger partial charge in [-0.25, -0.2) is 0 Å². The molecule has 0 fully saturated rings. The molecule has 0 amide bonds. The van der Waals surface area contributed by atoms with E-state index in [2.05, 4.69) is 109 Å². The highest BCUT2D eigenvalue weighted by atomic mass is 14.4. The predicted molar refractivity (Wildman–Crippen MR) is 118 cm³/mol. The smallest absolute Gasteiger partial charge is 0.0498 e. The highest BCUT2D eigenvalue weighted by Gasteiger charge is 2.42. The van der Waals surface area contributed by atoms with Gasteiger partial charge in [0.1, 0.15) is 0 Å². The summed E-state index contributed by atoms with van der Waals surface area (Å²) in [6.07, 6.45) is 1.01. The minimum absolute atomic E-state index is 0.144. The summed E-state index contributed by atoms with van der Waals surface area (Å²) >= 11 is 0. The normalized spacial score (nSPS) is 18.0. The van der Waals surface area contributed by atoms with E-state index in [1.807, 2.05) is 0 Å². The minimum Gasteiger partial charge on any atom is -0.0622 e. The molecule has 0 bridgehead atoms. The molecule has 6 rings (SSSR count). The Morgan fingerprint density at radius 3 is 2.07 bits per heavy atom. The molecule has 0 aromatic heterocycles. The lowest BCUT2D eigenvalue weighted by molar-refractivity contribution is 0.642. The number of benzene rings is 5. The molecule has 1 aliphatic carbocycles. The van der Waals surface area contributed by atoms with Crippen LogP contribution in [-0.4, -0.2) is 0 Å². The molecule has 0 radical (unpaired) electrons. The second-order valence-electron chi connectivity index (χ2n) is 7.83. The number of rotatable bonds is 2. The zero-order chi connectivity index (χ0) is 18.6. The van der Waals surface area contributed by atoms with Crippen molar-refractivity contribution in [3.63, 3.8) is 0 Å². The van der Waals surface area contributed by atoms with E-state index in [0.717, 1.165) is 6.42 Å². The molecule has 132 valence electrons. The Bertz CT molecular complexity index is 1330. The predicted octanol–water partition coefficient (Wildman–Crippen LogP) is 6.88. The van der Waals surface area contributed by atoms with Gasteiger partial charge in [-0.05, 0) is 56.3 Å². The fourth-order valence-corrected chi connectivity index (χ4v) is 5.16. The van der Waals surface area contributed by atoms with Gasteiger partial charge >= 0.3 is 0 Å². The highest BCUT2D eigenvalue weighted by molar-refractivity contribution is 5.94. The summed E-state index contributed by atoms with van der Waals surface area (Å²) in [6, 6.07) is 40.2. The maximum absolute atomic E-state index is 2.40. The van der Waals surface area contributed by atoms with Gasteiger partial charge in [0.25, 0.3) is 0 Å². The van der Waals surface area contributed by atoms with Gasteiger partial charge in [-0.1, -0.05) is 103 Å². The summed E-state index contributed by atoms with van der Waals surface area (Å²) in [6.45, 7) is 0. The highest BCUT2D eigenvalue weighted by Crippen LogP contribution is 2.51. The van der Waals surface area contributed by atoms with Crippen LogP contribution in [0.2, 0.25) is 0 Å². The fourth-order valence-electron chi connectivity index (χ4n) is 5.16. The van der Waals surface area contributed by atoms with E-state index < -0.39 is 0 Å². The van der Waals surface area contributed by atoms with Gasteiger partial charge < -0.3 is 0 Å². The first-order valence-corrected chi connectivity index (χ1v) is 9.92. The zero-order valence-corrected chi connectivity index (χ0v) is 15.6. The van der Waals surface area contributed by atoms with Crippen molar-refractivity contribution in [3.05, 3.63) is 131 Å². The summed E-state index contributed by atoms with van der Waals surface area (Å²) < 4.78 is 0. The number of fused-ring (bicyclic) bond motifs is 1. The van der Waals surface area contributed by atoms with Crippen LogP contribution in [0.3, 0.4) is 0 Å². The third kappa shape index (κ3) is 2.06. The lowest BCUT2D eigenvalue weighted by Gasteiger charge is -2.32. The van der Waals surface area contributed by atoms with Crippen molar-refractivity contribution in [2.75, 3.05) is 0 Å². The van der Waals surface area contributed by atoms with E-state index in [1.54, 1.807) is 0 Å². The molecule has 28 heavy (non-hydrogen) atoms. The van der Waals surface area contributed by atoms with Crippen LogP contribution >= 0.6 is 0 Å². The topological polar surface area (TPSA) is 0 Å². The van der Waals surface area contributed by atoms with Crippen LogP contribution < -0.4 is 0 Å². The van der Waals surface area contributed by atoms with Gasteiger partial charge in [0.15, 0.2) is 0 Å². The Morgan fingerprint density at radius 1 is 0.500 bits per heavy atom. The van der Waals surface area contributed by atoms with Crippen molar-refractivity contribution < 1.29 is 0 Å². The van der Waals surface area contributed by atoms with E-state index in [4.69, 9.17) is 0 Å². The molecule has 0 saturated carbocycles. The molecule has 1 aliphatic rings. The van der Waals surface area contributed by atoms with Crippen molar-refractivity contribution >= 4 is 21.5 Å². The second kappa shape index (κ2) is 5.81. The molecule has 0 saturated heterocycles. The Kier molecular flexibility index (Phi) is 3.25. The molecule has 0 heterocycles. The molecule has 1 atom stereocenters. The molecule has 5 aromatic rings. The van der Waals surface area contributed by atoms with E-state index in [0.29, 0.717) is 0 Å². The van der Waals surface area contributed by atoms with Gasteiger partial charge in [-0.15, -0.1) is 0 Å². The van der Waals surface area contributed by atoms with Gasteiger partial charge in [0.05, 0.1) is 0 Å². The van der Waals surface area contributed by atoms with E-state index >= 15 is 0 Å². The average Bonchev–Trinajstić information content (AvgIpc) is 3.12. The molecule has 0 aliphatic heterocycles. The Hall–Kier alpha value is -3.38. The Morgan fingerprint density at radius 2 is 1.21 bits per heavy atom. The molecular formula is C28H20. The summed E-state index contributed by atoms with van der Waals surface area (Å²) in [5.74, 6) is 0. The first-order valence-electron chi connectivity index (χ1n) is 9.92. The third-order valence-corrected chi connectivity index (χ3v) is 6.42. The largest absolute Gasteiger partial charge is 0.0622 e. The van der Waals surface area contributed by atoms with Crippen LogP contribution in [0.1, 0.15) is 22.3 Å². The van der Waals surface area contributed by atoms with Crippen LogP contribution in [-0.2, 0) is 11.8 Å². The lowest BCUT2D eigenvalue weighted by atomic mass is 9.69. The van der Waals surface area contributed by atoms with Crippen molar-refractivity contribution in [2.24, 2.45) is 0 Å². The van der Waals surface area contributed by atoms with Gasteiger partial charge in [0.2, 0.25) is 0 Å². The van der Waals surface area contributed by atoms with Crippen molar-refractivity contribution in [2.45, 2.75) is 11.8 Å². The monoisotopic (exact) mass is 356 g/mol. The van der Waals surface area contributed by atoms with Crippen LogP contribution in [0.5, 0.6) is 0 Å². The summed E-state index contributed by atoms with van der Waals surface area (Å²) in [4.78, 5) is 0. The number of hydrogen-bond donors (Lipinski definition) is 0. The average molecular weight is 356 g/mol. The standard InChI is InChI=1S/C28H20/c1-2-13-24(14-3-1)28(25-17-16-20-8-4-5-9-22(20)18-25)19-23-12-6-10-21-11-7-15-26(28)27(21)23/h1-18H,19H2. The Balaban J connectivity index is 1.72. The minimum atomic E-state index is -0.144. The quantitative estimate of drug-likeness (QED) is 0.323. The van der Waals surface area contributed by atoms with Crippen molar-refractivity contribution in [1.82, 2.24) is 0 Å². The van der Waals surface area contributed by atoms with Crippen molar-refractivity contribution in [3.8, 4) is 0 Å². The molecule has 5 aromatic carbocycles. The van der Waals surface area contributed by atoms with Crippen molar-refractivity contribution in [1.29, 1.82) is 0 Å². The van der Waals surface area contributed by atoms with Gasteiger partial charge in [-0.3, -0.25) is 0 Å². The summed E-state index contributed by atoms with van der Waals surface area (Å²) in [5, 5.41) is 5.37. The van der Waals surface area contributed by atoms with E-state index in [-0.39, 0.29) is 5.41 Å². The molecule has 0 nitrogen and oxygen atoms in total. The maximum Gasteiger partial charge on any atom is 0.0498 e. The van der Waals surface area contributed by atoms with Crippen LogP contribution in [0.15, 0.2) is 109 Å². The van der Waals surface area contributed by atoms with E-state index in [1.165, 1.54) is 43.8 Å². The maximum atomic E-state index is 2.40. The third-order valence-electron chi connectivity index (χ3n) is 6.42. The Labute approximate surface area is 165 Å². The van der Waals surface area contributed by atoms with Crippen LogP contribution in [0.25, 0.3) is 21.5 Å². The first kappa shape index (κ1) is 15.7.